The lowest BCUT2D eigenvalue weighted by molar-refractivity contribution is -0.133. The number of hydrogen-bond donors (Lipinski definition) is 0. The minimum atomic E-state index is -1.06. The zero-order valence-electron chi connectivity index (χ0n) is 20.5. The lowest BCUT2D eigenvalue weighted by atomic mass is 9.96. The topological polar surface area (TPSA) is 90.3 Å². The number of methoxy groups -OCH3 is 2. The molecule has 0 radical (unpaired) electrons. The maximum absolute atomic E-state index is 13.1. The predicted molar refractivity (Wildman–Crippen MR) is 140 cm³/mol. The molecule has 186 valence electrons. The van der Waals surface area contributed by atoms with Crippen molar-refractivity contribution in [1.82, 2.24) is 0 Å². The van der Waals surface area contributed by atoms with E-state index < -0.39 is 23.8 Å². The molecule has 0 N–H and O–H groups in total. The third kappa shape index (κ3) is 3.11. The van der Waals surface area contributed by atoms with Gasteiger partial charge in [0.15, 0.2) is 11.8 Å². The summed E-state index contributed by atoms with van der Waals surface area (Å²) in [5.74, 6) is -0.899. The molecule has 0 fully saturated rings. The first kappa shape index (κ1) is 22.6. The Morgan fingerprint density at radius 2 is 1.27 bits per heavy atom. The van der Waals surface area contributed by atoms with Crippen LogP contribution in [-0.2, 0) is 19.1 Å². The number of hydrazone groups is 2. The van der Waals surface area contributed by atoms with E-state index in [-0.39, 0.29) is 11.7 Å². The Hall–Kier alpha value is -4.86. The van der Waals surface area contributed by atoms with E-state index in [1.54, 1.807) is 10.0 Å². The van der Waals surface area contributed by atoms with Crippen LogP contribution in [-0.4, -0.2) is 49.7 Å². The van der Waals surface area contributed by atoms with Gasteiger partial charge in [-0.1, -0.05) is 48.5 Å². The van der Waals surface area contributed by atoms with Gasteiger partial charge in [-0.25, -0.2) is 19.6 Å². The Morgan fingerprint density at radius 3 is 1.89 bits per heavy atom. The molecule has 0 spiro atoms. The number of para-hydroxylation sites is 4. The summed E-state index contributed by atoms with van der Waals surface area (Å²) in [5.41, 5.74) is 1.81. The molecule has 3 heterocycles. The van der Waals surface area contributed by atoms with Crippen LogP contribution < -0.4 is 19.8 Å². The summed E-state index contributed by atoms with van der Waals surface area (Å²) < 4.78 is 10.3. The standard InChI is InChI=1S/C27H24N6O4/c1-27-26-30(22(24(34)36-2)28-32(26)18-12-6-4-7-13-18)20-16-10-11-17-21(20)31(27)23(25(35)37-3)29-33(27)19-14-8-5-9-15-19/h4-17,26H,1-3H3/t26?,27-/m0/s1. The number of carbonyl (C=O) groups is 2. The van der Waals surface area contributed by atoms with Crippen molar-refractivity contribution in [2.75, 3.05) is 34.0 Å². The summed E-state index contributed by atoms with van der Waals surface area (Å²) in [5, 5.41) is 13.1. The van der Waals surface area contributed by atoms with Crippen LogP contribution >= 0.6 is 0 Å². The van der Waals surface area contributed by atoms with Crippen LogP contribution in [0.25, 0.3) is 0 Å². The van der Waals surface area contributed by atoms with Crippen molar-refractivity contribution in [3.05, 3.63) is 84.9 Å². The molecule has 3 aromatic carbocycles. The number of hydrogen-bond acceptors (Lipinski definition) is 10. The number of anilines is 4. The summed E-state index contributed by atoms with van der Waals surface area (Å²) in [4.78, 5) is 29.9. The van der Waals surface area contributed by atoms with Crippen molar-refractivity contribution in [1.29, 1.82) is 0 Å². The van der Waals surface area contributed by atoms with Gasteiger partial charge < -0.3 is 9.47 Å². The molecule has 2 atom stereocenters. The molecular weight excluding hydrogens is 472 g/mol. The number of esters is 2. The number of amidine groups is 2. The first-order valence-corrected chi connectivity index (χ1v) is 11.7. The molecule has 0 amide bonds. The first-order chi connectivity index (χ1) is 18.0. The average Bonchev–Trinajstić information content (AvgIpc) is 3.51. The zero-order valence-corrected chi connectivity index (χ0v) is 20.5. The van der Waals surface area contributed by atoms with Gasteiger partial charge in [0.1, 0.15) is 0 Å². The molecule has 37 heavy (non-hydrogen) atoms. The Labute approximate surface area is 213 Å². The maximum Gasteiger partial charge on any atom is 0.376 e. The van der Waals surface area contributed by atoms with E-state index >= 15 is 0 Å². The van der Waals surface area contributed by atoms with Crippen LogP contribution in [0, 0.1) is 0 Å². The highest BCUT2D eigenvalue weighted by atomic mass is 16.5. The lowest BCUT2D eigenvalue weighted by Gasteiger charge is -2.53. The van der Waals surface area contributed by atoms with Crippen LogP contribution in [0.15, 0.2) is 95.1 Å². The number of carbonyl (C=O) groups excluding carboxylic acids is 2. The van der Waals surface area contributed by atoms with E-state index in [4.69, 9.17) is 19.7 Å². The second-order valence-corrected chi connectivity index (χ2v) is 8.82. The lowest BCUT2D eigenvalue weighted by Crippen LogP contribution is -2.72. The van der Waals surface area contributed by atoms with Crippen molar-refractivity contribution in [3.8, 4) is 0 Å². The number of nitrogens with zero attached hydrogens (tertiary/aromatic N) is 6. The molecule has 10 heteroatoms. The third-order valence-corrected chi connectivity index (χ3v) is 6.82. The molecule has 3 aliphatic rings. The van der Waals surface area contributed by atoms with E-state index in [0.29, 0.717) is 11.4 Å². The van der Waals surface area contributed by atoms with E-state index in [1.807, 2.05) is 102 Å². The highest BCUT2D eigenvalue weighted by molar-refractivity contribution is 6.45. The summed E-state index contributed by atoms with van der Waals surface area (Å²) in [6.07, 6.45) is -0.634. The molecule has 0 aromatic heterocycles. The Morgan fingerprint density at radius 1 is 0.730 bits per heavy atom. The van der Waals surface area contributed by atoms with Gasteiger partial charge in [0, 0.05) is 0 Å². The summed E-state index contributed by atoms with van der Waals surface area (Å²) in [6.45, 7) is 1.97. The molecule has 0 aliphatic carbocycles. The third-order valence-electron chi connectivity index (χ3n) is 6.82. The minimum absolute atomic E-state index is 0.125. The van der Waals surface area contributed by atoms with Crippen molar-refractivity contribution in [2.45, 2.75) is 18.8 Å². The van der Waals surface area contributed by atoms with Crippen LogP contribution in [0.5, 0.6) is 0 Å². The van der Waals surface area contributed by atoms with Crippen molar-refractivity contribution in [2.24, 2.45) is 10.2 Å². The van der Waals surface area contributed by atoms with Crippen LogP contribution in [0.4, 0.5) is 22.7 Å². The SMILES string of the molecule is COC(=O)C1=NN(c2ccccc2)C2N1c1ccccc1N1C(C(=O)OC)=NN(c3ccccc3)[C@@]21C. The smallest absolute Gasteiger partial charge is 0.376 e. The molecule has 0 saturated carbocycles. The van der Waals surface area contributed by atoms with Gasteiger partial charge in [0.25, 0.3) is 0 Å². The second-order valence-electron chi connectivity index (χ2n) is 8.82. The highest BCUT2D eigenvalue weighted by Crippen LogP contribution is 2.52. The van der Waals surface area contributed by atoms with Crippen LogP contribution in [0.1, 0.15) is 6.92 Å². The molecule has 0 saturated heterocycles. The molecule has 0 bridgehead atoms. The van der Waals surface area contributed by atoms with E-state index in [0.717, 1.165) is 11.4 Å². The fourth-order valence-corrected chi connectivity index (χ4v) is 5.26. The Balaban J connectivity index is 1.66. The monoisotopic (exact) mass is 496 g/mol. The molecule has 10 nitrogen and oxygen atoms in total. The predicted octanol–water partition coefficient (Wildman–Crippen LogP) is 3.37. The molecular formula is C27H24N6O4. The molecule has 6 rings (SSSR count). The van der Waals surface area contributed by atoms with Crippen molar-refractivity contribution in [3.63, 3.8) is 0 Å². The number of benzene rings is 3. The minimum Gasteiger partial charge on any atom is -0.463 e. The van der Waals surface area contributed by atoms with Crippen molar-refractivity contribution >= 4 is 46.4 Å². The van der Waals surface area contributed by atoms with Crippen molar-refractivity contribution < 1.29 is 19.1 Å². The number of rotatable bonds is 4. The van der Waals surface area contributed by atoms with E-state index in [9.17, 15) is 9.59 Å². The maximum atomic E-state index is 13.1. The van der Waals surface area contributed by atoms with Gasteiger partial charge in [0.05, 0.1) is 37.0 Å². The van der Waals surface area contributed by atoms with Gasteiger partial charge in [-0.3, -0.25) is 9.80 Å². The summed E-state index contributed by atoms with van der Waals surface area (Å²) in [7, 11) is 2.67. The van der Waals surface area contributed by atoms with Gasteiger partial charge in [-0.05, 0) is 43.3 Å². The van der Waals surface area contributed by atoms with Gasteiger partial charge in [-0.2, -0.15) is 0 Å². The summed E-state index contributed by atoms with van der Waals surface area (Å²) >= 11 is 0. The van der Waals surface area contributed by atoms with Gasteiger partial charge in [0.2, 0.25) is 11.7 Å². The Bertz CT molecular complexity index is 1440. The molecule has 3 aromatic rings. The first-order valence-electron chi connectivity index (χ1n) is 11.7. The van der Waals surface area contributed by atoms with Crippen LogP contribution in [0.2, 0.25) is 0 Å². The van der Waals surface area contributed by atoms with Gasteiger partial charge >= 0.3 is 11.9 Å². The summed E-state index contributed by atoms with van der Waals surface area (Å²) in [6, 6.07) is 26.6. The normalized spacial score (nSPS) is 21.5. The molecule has 1 unspecified atom stereocenters. The fraction of sp³-hybridized carbons (Fsp3) is 0.185. The van der Waals surface area contributed by atoms with E-state index in [1.165, 1.54) is 14.2 Å². The van der Waals surface area contributed by atoms with Gasteiger partial charge in [-0.15, -0.1) is 10.2 Å². The quantitative estimate of drug-likeness (QED) is 0.508. The zero-order chi connectivity index (χ0) is 25.7. The number of fused-ring (bicyclic) bond motifs is 6. The average molecular weight is 497 g/mol. The van der Waals surface area contributed by atoms with Crippen LogP contribution in [0.3, 0.4) is 0 Å². The Kier molecular flexibility index (Phi) is 5.11. The molecule has 3 aliphatic heterocycles. The number of ether oxygens (including phenoxy) is 2. The largest absolute Gasteiger partial charge is 0.463 e. The van der Waals surface area contributed by atoms with E-state index in [2.05, 4.69) is 0 Å². The second kappa shape index (κ2) is 8.37. The highest BCUT2D eigenvalue weighted by Gasteiger charge is 2.64. The fourth-order valence-electron chi connectivity index (χ4n) is 5.26.